The summed E-state index contributed by atoms with van der Waals surface area (Å²) in [5, 5.41) is 7.64. The summed E-state index contributed by atoms with van der Waals surface area (Å²) in [4.78, 5) is 4.36. The van der Waals surface area contributed by atoms with E-state index < -0.39 is 0 Å². The second-order valence-corrected chi connectivity index (χ2v) is 5.24. The van der Waals surface area contributed by atoms with Crippen LogP contribution in [0.1, 0.15) is 64.6 Å². The normalized spacial score (nSPS) is 12.8. The van der Waals surface area contributed by atoms with Gasteiger partial charge in [-0.3, -0.25) is 4.68 Å². The van der Waals surface area contributed by atoms with Crippen molar-refractivity contribution in [3.05, 3.63) is 12.2 Å². The van der Waals surface area contributed by atoms with Gasteiger partial charge in [0.1, 0.15) is 12.2 Å². The van der Waals surface area contributed by atoms with Gasteiger partial charge in [-0.1, -0.05) is 45.4 Å². The van der Waals surface area contributed by atoms with E-state index in [1.807, 2.05) is 4.68 Å². The third-order valence-corrected chi connectivity index (χ3v) is 3.74. The van der Waals surface area contributed by atoms with Gasteiger partial charge in [-0.15, -0.1) is 0 Å². The molecule has 1 unspecified atom stereocenters. The maximum absolute atomic E-state index is 4.36. The molecule has 0 aliphatic carbocycles. The first kappa shape index (κ1) is 16.2. The standard InChI is InChI=1S/C15H30N4/c1-4-6-7-8-9-10-11-14(16-3)12-15-17-13-18-19(15)5-2/h13-14,16H,4-12H2,1-3H3. The maximum Gasteiger partial charge on any atom is 0.138 e. The molecule has 0 aromatic carbocycles. The highest BCUT2D eigenvalue weighted by Gasteiger charge is 2.11. The number of nitrogens with one attached hydrogen (secondary N) is 1. The van der Waals surface area contributed by atoms with E-state index in [4.69, 9.17) is 0 Å². The third kappa shape index (κ3) is 6.19. The van der Waals surface area contributed by atoms with E-state index in [1.165, 1.54) is 44.9 Å². The van der Waals surface area contributed by atoms with E-state index in [0.29, 0.717) is 6.04 Å². The lowest BCUT2D eigenvalue weighted by Crippen LogP contribution is -2.29. The van der Waals surface area contributed by atoms with Crippen molar-refractivity contribution in [2.24, 2.45) is 0 Å². The largest absolute Gasteiger partial charge is 0.317 e. The molecule has 1 aromatic heterocycles. The van der Waals surface area contributed by atoms with Crippen LogP contribution in [0.3, 0.4) is 0 Å². The van der Waals surface area contributed by atoms with E-state index >= 15 is 0 Å². The molecular formula is C15H30N4. The monoisotopic (exact) mass is 266 g/mol. The number of nitrogens with zero attached hydrogens (tertiary/aromatic N) is 3. The van der Waals surface area contributed by atoms with Gasteiger partial charge in [0.15, 0.2) is 0 Å². The van der Waals surface area contributed by atoms with E-state index in [-0.39, 0.29) is 0 Å². The zero-order chi connectivity index (χ0) is 13.9. The number of rotatable bonds is 11. The van der Waals surface area contributed by atoms with Crippen LogP contribution in [-0.2, 0) is 13.0 Å². The van der Waals surface area contributed by atoms with Crippen LogP contribution in [0.15, 0.2) is 6.33 Å². The van der Waals surface area contributed by atoms with E-state index in [0.717, 1.165) is 18.8 Å². The molecule has 0 bridgehead atoms. The fourth-order valence-electron chi connectivity index (χ4n) is 2.45. The van der Waals surface area contributed by atoms with Gasteiger partial charge in [-0.25, -0.2) is 4.98 Å². The van der Waals surface area contributed by atoms with E-state index in [2.05, 4.69) is 36.3 Å². The van der Waals surface area contributed by atoms with Crippen LogP contribution in [0.4, 0.5) is 0 Å². The maximum atomic E-state index is 4.36. The Labute approximate surface area is 118 Å². The summed E-state index contributed by atoms with van der Waals surface area (Å²) in [5.41, 5.74) is 0. The molecule has 1 rings (SSSR count). The molecule has 1 aromatic rings. The van der Waals surface area contributed by atoms with Crippen molar-refractivity contribution in [1.82, 2.24) is 20.1 Å². The van der Waals surface area contributed by atoms with Crippen LogP contribution in [0, 0.1) is 0 Å². The predicted molar refractivity (Wildman–Crippen MR) is 80.2 cm³/mol. The van der Waals surface area contributed by atoms with E-state index in [1.54, 1.807) is 6.33 Å². The van der Waals surface area contributed by atoms with Crippen molar-refractivity contribution in [2.45, 2.75) is 77.8 Å². The number of hydrogen-bond acceptors (Lipinski definition) is 3. The Morgan fingerprint density at radius 1 is 1.16 bits per heavy atom. The molecule has 4 nitrogen and oxygen atoms in total. The fraction of sp³-hybridized carbons (Fsp3) is 0.867. The van der Waals surface area contributed by atoms with Gasteiger partial charge < -0.3 is 5.32 Å². The van der Waals surface area contributed by atoms with Crippen LogP contribution in [0.25, 0.3) is 0 Å². The second kappa shape index (κ2) is 9.96. The summed E-state index contributed by atoms with van der Waals surface area (Å²) in [7, 11) is 2.05. The number of hydrogen-bond donors (Lipinski definition) is 1. The quantitative estimate of drug-likeness (QED) is 0.626. The molecular weight excluding hydrogens is 236 g/mol. The van der Waals surface area contributed by atoms with Gasteiger partial charge in [0.25, 0.3) is 0 Å². The van der Waals surface area contributed by atoms with Crippen molar-refractivity contribution in [3.8, 4) is 0 Å². The van der Waals surface area contributed by atoms with Gasteiger partial charge in [0, 0.05) is 19.0 Å². The molecule has 0 saturated carbocycles. The number of likely N-dealkylation sites (N-methyl/N-ethyl adjacent to an activating group) is 1. The second-order valence-electron chi connectivity index (χ2n) is 5.24. The SMILES string of the molecule is CCCCCCCCC(Cc1ncnn1CC)NC. The molecule has 0 aliphatic heterocycles. The Bertz CT molecular complexity index is 322. The number of unbranched alkanes of at least 4 members (excludes halogenated alkanes) is 5. The number of aromatic nitrogens is 3. The Hall–Kier alpha value is -0.900. The van der Waals surface area contributed by atoms with E-state index in [9.17, 15) is 0 Å². The molecule has 1 heterocycles. The molecule has 0 amide bonds. The molecule has 110 valence electrons. The zero-order valence-corrected chi connectivity index (χ0v) is 12.9. The van der Waals surface area contributed by atoms with Crippen LogP contribution >= 0.6 is 0 Å². The lowest BCUT2D eigenvalue weighted by Gasteiger charge is -2.15. The fourth-order valence-corrected chi connectivity index (χ4v) is 2.45. The lowest BCUT2D eigenvalue weighted by atomic mass is 10.0. The first-order valence-electron chi connectivity index (χ1n) is 7.85. The molecule has 0 saturated heterocycles. The van der Waals surface area contributed by atoms with Crippen molar-refractivity contribution in [2.75, 3.05) is 7.05 Å². The molecule has 1 atom stereocenters. The Morgan fingerprint density at radius 3 is 2.58 bits per heavy atom. The molecule has 4 heteroatoms. The van der Waals surface area contributed by atoms with Crippen LogP contribution in [0.5, 0.6) is 0 Å². The van der Waals surface area contributed by atoms with Crippen LogP contribution < -0.4 is 5.32 Å². The van der Waals surface area contributed by atoms with Crippen LogP contribution in [-0.4, -0.2) is 27.9 Å². The average molecular weight is 266 g/mol. The highest BCUT2D eigenvalue weighted by molar-refractivity contribution is 4.89. The first-order valence-corrected chi connectivity index (χ1v) is 7.85. The topological polar surface area (TPSA) is 42.7 Å². The van der Waals surface area contributed by atoms with Gasteiger partial charge in [-0.2, -0.15) is 5.10 Å². The summed E-state index contributed by atoms with van der Waals surface area (Å²) >= 11 is 0. The van der Waals surface area contributed by atoms with Gasteiger partial charge >= 0.3 is 0 Å². The van der Waals surface area contributed by atoms with Crippen molar-refractivity contribution in [3.63, 3.8) is 0 Å². The minimum absolute atomic E-state index is 0.528. The highest BCUT2D eigenvalue weighted by Crippen LogP contribution is 2.11. The first-order chi connectivity index (χ1) is 9.31. The third-order valence-electron chi connectivity index (χ3n) is 3.74. The molecule has 0 radical (unpaired) electrons. The zero-order valence-electron chi connectivity index (χ0n) is 12.9. The minimum atomic E-state index is 0.528. The molecule has 1 N–H and O–H groups in total. The number of aryl methyl sites for hydroxylation is 1. The highest BCUT2D eigenvalue weighted by atomic mass is 15.3. The summed E-state index contributed by atoms with van der Waals surface area (Å²) in [6, 6.07) is 0.528. The molecule has 0 spiro atoms. The average Bonchev–Trinajstić information content (AvgIpc) is 2.88. The van der Waals surface area contributed by atoms with Crippen LogP contribution in [0.2, 0.25) is 0 Å². The molecule has 19 heavy (non-hydrogen) atoms. The summed E-state index contributed by atoms with van der Waals surface area (Å²) in [6.45, 7) is 5.28. The van der Waals surface area contributed by atoms with Crippen molar-refractivity contribution < 1.29 is 0 Å². The van der Waals surface area contributed by atoms with Crippen molar-refractivity contribution in [1.29, 1.82) is 0 Å². The Morgan fingerprint density at radius 2 is 1.89 bits per heavy atom. The lowest BCUT2D eigenvalue weighted by molar-refractivity contribution is 0.460. The molecule has 0 aliphatic rings. The summed E-state index contributed by atoms with van der Waals surface area (Å²) in [6.07, 6.45) is 12.0. The van der Waals surface area contributed by atoms with Crippen molar-refractivity contribution >= 4 is 0 Å². The van der Waals surface area contributed by atoms with Gasteiger partial charge in [0.2, 0.25) is 0 Å². The smallest absolute Gasteiger partial charge is 0.138 e. The Balaban J connectivity index is 2.22. The van der Waals surface area contributed by atoms with Gasteiger partial charge in [0.05, 0.1) is 0 Å². The minimum Gasteiger partial charge on any atom is -0.317 e. The Kier molecular flexibility index (Phi) is 8.47. The summed E-state index contributed by atoms with van der Waals surface area (Å²) < 4.78 is 1.99. The predicted octanol–water partition coefficient (Wildman–Crippen LogP) is 3.18. The summed E-state index contributed by atoms with van der Waals surface area (Å²) in [5.74, 6) is 1.10. The molecule has 0 fully saturated rings. The van der Waals surface area contributed by atoms with Gasteiger partial charge in [-0.05, 0) is 20.4 Å².